The molecule has 92 valence electrons. The molecule has 1 rings (SSSR count). The summed E-state index contributed by atoms with van der Waals surface area (Å²) in [5, 5.41) is 8.47. The lowest BCUT2D eigenvalue weighted by atomic mass is 10.0. The van der Waals surface area contributed by atoms with Crippen LogP contribution in [0, 0.1) is 14.9 Å². The van der Waals surface area contributed by atoms with E-state index in [9.17, 15) is 26.3 Å². The molecule has 1 aromatic rings. The van der Waals surface area contributed by atoms with E-state index < -0.39 is 32.6 Å². The van der Waals surface area contributed by atoms with Gasteiger partial charge in [0.25, 0.3) is 0 Å². The van der Waals surface area contributed by atoms with Gasteiger partial charge in [-0.3, -0.25) is 0 Å². The summed E-state index contributed by atoms with van der Waals surface area (Å²) in [6, 6.07) is 2.22. The highest BCUT2D eigenvalue weighted by molar-refractivity contribution is 14.1. The Morgan fingerprint density at radius 2 is 1.53 bits per heavy atom. The standard InChI is InChI=1S/C9H2F6IN/c10-8(11,12)5-2-1-4(3-17)6(7(5)16)9(13,14)15/h1-2H. The molecule has 17 heavy (non-hydrogen) atoms. The summed E-state index contributed by atoms with van der Waals surface area (Å²) in [7, 11) is 0. The Bertz CT molecular complexity index is 482. The normalized spacial score (nSPS) is 12.4. The number of hydrogen-bond donors (Lipinski definition) is 0. The third-order valence-electron chi connectivity index (χ3n) is 1.85. The van der Waals surface area contributed by atoms with Crippen molar-refractivity contribution >= 4 is 22.6 Å². The van der Waals surface area contributed by atoms with Gasteiger partial charge in [0.05, 0.1) is 22.8 Å². The van der Waals surface area contributed by atoms with Gasteiger partial charge >= 0.3 is 12.4 Å². The van der Waals surface area contributed by atoms with Gasteiger partial charge in [0.2, 0.25) is 0 Å². The average Bonchev–Trinajstić information content (AvgIpc) is 2.12. The van der Waals surface area contributed by atoms with Crippen LogP contribution in [0.3, 0.4) is 0 Å². The van der Waals surface area contributed by atoms with Gasteiger partial charge in [-0.2, -0.15) is 31.6 Å². The fourth-order valence-corrected chi connectivity index (χ4v) is 2.25. The summed E-state index contributed by atoms with van der Waals surface area (Å²) in [6.45, 7) is 0. The van der Waals surface area contributed by atoms with E-state index >= 15 is 0 Å². The van der Waals surface area contributed by atoms with E-state index in [1.807, 2.05) is 0 Å². The fourth-order valence-electron chi connectivity index (χ4n) is 1.17. The topological polar surface area (TPSA) is 23.8 Å². The molecule has 1 aromatic carbocycles. The first-order chi connectivity index (χ1) is 7.59. The average molecular weight is 365 g/mol. The van der Waals surface area contributed by atoms with Crippen molar-refractivity contribution in [2.75, 3.05) is 0 Å². The van der Waals surface area contributed by atoms with Crippen molar-refractivity contribution in [3.63, 3.8) is 0 Å². The van der Waals surface area contributed by atoms with Crippen molar-refractivity contribution in [2.45, 2.75) is 12.4 Å². The predicted molar refractivity (Wildman–Crippen MR) is 53.9 cm³/mol. The lowest BCUT2D eigenvalue weighted by molar-refractivity contribution is -0.144. The Kier molecular flexibility index (Phi) is 3.61. The molecule has 0 heterocycles. The molecule has 0 N–H and O–H groups in total. The quantitative estimate of drug-likeness (QED) is 0.500. The van der Waals surface area contributed by atoms with Crippen molar-refractivity contribution in [2.24, 2.45) is 0 Å². The summed E-state index contributed by atoms with van der Waals surface area (Å²) in [6.07, 6.45) is -9.88. The Hall–Kier alpha value is -0.980. The molecule has 1 nitrogen and oxygen atoms in total. The molecule has 0 aliphatic carbocycles. The van der Waals surface area contributed by atoms with Gasteiger partial charge in [0, 0.05) is 3.57 Å². The van der Waals surface area contributed by atoms with E-state index in [0.29, 0.717) is 12.1 Å². The summed E-state index contributed by atoms with van der Waals surface area (Å²) >= 11 is 0.949. The maximum absolute atomic E-state index is 12.5. The zero-order chi connectivity index (χ0) is 13.4. The third-order valence-corrected chi connectivity index (χ3v) is 2.97. The monoisotopic (exact) mass is 365 g/mol. The van der Waals surface area contributed by atoms with Crippen molar-refractivity contribution in [3.8, 4) is 6.07 Å². The first kappa shape index (κ1) is 14.1. The van der Waals surface area contributed by atoms with E-state index in [0.717, 1.165) is 22.6 Å². The number of benzene rings is 1. The molecule has 0 amide bonds. The van der Waals surface area contributed by atoms with Crippen molar-refractivity contribution < 1.29 is 26.3 Å². The van der Waals surface area contributed by atoms with E-state index in [1.54, 1.807) is 0 Å². The molecule has 0 fully saturated rings. The minimum atomic E-state index is -5.00. The second-order valence-corrected chi connectivity index (χ2v) is 4.04. The number of nitrogens with zero attached hydrogens (tertiary/aromatic N) is 1. The highest BCUT2D eigenvalue weighted by atomic mass is 127. The summed E-state index contributed by atoms with van der Waals surface area (Å²) < 4.78 is 73.8. The second kappa shape index (κ2) is 4.36. The fraction of sp³-hybridized carbons (Fsp3) is 0.222. The molecule has 0 saturated heterocycles. The van der Waals surface area contributed by atoms with Gasteiger partial charge in [0.1, 0.15) is 0 Å². The smallest absolute Gasteiger partial charge is 0.192 e. The first-order valence-electron chi connectivity index (χ1n) is 3.96. The summed E-state index contributed by atoms with van der Waals surface area (Å²) in [5.41, 5.74) is -3.77. The van der Waals surface area contributed by atoms with Gasteiger partial charge in [-0.05, 0) is 34.7 Å². The highest BCUT2D eigenvalue weighted by Crippen LogP contribution is 2.41. The molecule has 0 saturated carbocycles. The van der Waals surface area contributed by atoms with Crippen LogP contribution in [0.15, 0.2) is 12.1 Å². The van der Waals surface area contributed by atoms with E-state index in [2.05, 4.69) is 0 Å². The molecule has 8 heteroatoms. The maximum atomic E-state index is 12.5. The van der Waals surface area contributed by atoms with Gasteiger partial charge in [-0.25, -0.2) is 0 Å². The minimum Gasteiger partial charge on any atom is -0.192 e. The minimum absolute atomic E-state index is 0.468. The maximum Gasteiger partial charge on any atom is 0.418 e. The largest absolute Gasteiger partial charge is 0.418 e. The Morgan fingerprint density at radius 1 is 1.00 bits per heavy atom. The van der Waals surface area contributed by atoms with Crippen LogP contribution in [-0.4, -0.2) is 0 Å². The van der Waals surface area contributed by atoms with Crippen LogP contribution in [-0.2, 0) is 12.4 Å². The molecule has 0 spiro atoms. The van der Waals surface area contributed by atoms with E-state index in [1.165, 1.54) is 6.07 Å². The number of nitriles is 1. The number of hydrogen-bond acceptors (Lipinski definition) is 1. The first-order valence-corrected chi connectivity index (χ1v) is 5.04. The SMILES string of the molecule is N#Cc1ccc(C(F)(F)F)c(I)c1C(F)(F)F. The molecule has 0 aliphatic heterocycles. The summed E-state index contributed by atoms with van der Waals surface area (Å²) in [4.78, 5) is 0. The summed E-state index contributed by atoms with van der Waals surface area (Å²) in [5.74, 6) is 0. The molecule has 0 unspecified atom stereocenters. The number of rotatable bonds is 0. The second-order valence-electron chi connectivity index (χ2n) is 2.96. The molecular formula is C9H2F6IN. The van der Waals surface area contributed by atoms with Gasteiger partial charge < -0.3 is 0 Å². The number of halogens is 7. The van der Waals surface area contributed by atoms with Gasteiger partial charge in [-0.1, -0.05) is 0 Å². The van der Waals surface area contributed by atoms with Crippen molar-refractivity contribution in [3.05, 3.63) is 32.4 Å². The van der Waals surface area contributed by atoms with Crippen LogP contribution in [0.4, 0.5) is 26.3 Å². The Morgan fingerprint density at radius 3 is 1.88 bits per heavy atom. The Balaban J connectivity index is 3.63. The molecule has 0 aromatic heterocycles. The van der Waals surface area contributed by atoms with E-state index in [4.69, 9.17) is 5.26 Å². The van der Waals surface area contributed by atoms with Crippen LogP contribution < -0.4 is 0 Å². The Labute approximate surface area is 105 Å². The van der Waals surface area contributed by atoms with Crippen LogP contribution in [0.2, 0.25) is 0 Å². The number of alkyl halides is 6. The molecule has 0 bridgehead atoms. The predicted octanol–water partition coefficient (Wildman–Crippen LogP) is 4.20. The lowest BCUT2D eigenvalue weighted by Crippen LogP contribution is -2.16. The van der Waals surface area contributed by atoms with Crippen LogP contribution in [0.1, 0.15) is 16.7 Å². The van der Waals surface area contributed by atoms with Crippen LogP contribution in [0.5, 0.6) is 0 Å². The van der Waals surface area contributed by atoms with Crippen molar-refractivity contribution in [1.82, 2.24) is 0 Å². The molecule has 0 aliphatic rings. The third kappa shape index (κ3) is 2.83. The molecular weight excluding hydrogens is 363 g/mol. The lowest BCUT2D eigenvalue weighted by Gasteiger charge is -2.15. The van der Waals surface area contributed by atoms with Crippen LogP contribution in [0.25, 0.3) is 0 Å². The van der Waals surface area contributed by atoms with E-state index in [-0.39, 0.29) is 0 Å². The zero-order valence-electron chi connectivity index (χ0n) is 7.75. The highest BCUT2D eigenvalue weighted by Gasteiger charge is 2.41. The zero-order valence-corrected chi connectivity index (χ0v) is 9.91. The molecule has 0 atom stereocenters. The van der Waals surface area contributed by atoms with Crippen LogP contribution >= 0.6 is 22.6 Å². The van der Waals surface area contributed by atoms with Crippen molar-refractivity contribution in [1.29, 1.82) is 5.26 Å². The van der Waals surface area contributed by atoms with Gasteiger partial charge in [-0.15, -0.1) is 0 Å². The molecule has 0 radical (unpaired) electrons. The van der Waals surface area contributed by atoms with Gasteiger partial charge in [0.15, 0.2) is 0 Å².